The Labute approximate surface area is 146 Å². The van der Waals surface area contributed by atoms with E-state index in [1.54, 1.807) is 0 Å². The van der Waals surface area contributed by atoms with Gasteiger partial charge in [-0.25, -0.2) is 14.3 Å². The van der Waals surface area contributed by atoms with E-state index < -0.39 is 10.8 Å². The highest BCUT2D eigenvalue weighted by Gasteiger charge is 2.11. The highest BCUT2D eigenvalue weighted by Crippen LogP contribution is 2.12. The minimum Gasteiger partial charge on any atom is -0.350 e. The zero-order chi connectivity index (χ0) is 18.5. The Morgan fingerprint density at radius 2 is 2.12 bits per heavy atom. The lowest BCUT2D eigenvalue weighted by atomic mass is 10.2. The van der Waals surface area contributed by atoms with Crippen molar-refractivity contribution in [2.75, 3.05) is 6.54 Å². The predicted octanol–water partition coefficient (Wildman–Crippen LogP) is 0.162. The van der Waals surface area contributed by atoms with E-state index in [1.165, 1.54) is 58.4 Å². The zero-order valence-electron chi connectivity index (χ0n) is 13.3. The molecule has 0 fully saturated rings. The number of nitro benzene ring substituents is 1. The number of amides is 1. The van der Waals surface area contributed by atoms with Crippen molar-refractivity contribution in [1.29, 1.82) is 0 Å². The van der Waals surface area contributed by atoms with Crippen LogP contribution in [0.4, 0.5) is 5.69 Å². The average molecular weight is 355 g/mol. The average Bonchev–Trinajstić information content (AvgIpc) is 3.18. The highest BCUT2D eigenvalue weighted by molar-refractivity contribution is 5.94. The molecule has 132 valence electrons. The molecule has 0 radical (unpaired) electrons. The molecule has 2 heterocycles. The molecule has 0 aliphatic heterocycles. The van der Waals surface area contributed by atoms with Crippen molar-refractivity contribution in [3.05, 3.63) is 75.1 Å². The number of aromatic nitrogens is 5. The van der Waals surface area contributed by atoms with E-state index in [4.69, 9.17) is 0 Å². The largest absolute Gasteiger partial charge is 0.350 e. The summed E-state index contributed by atoms with van der Waals surface area (Å²) in [4.78, 5) is 38.0. The van der Waals surface area contributed by atoms with Gasteiger partial charge in [0.05, 0.1) is 11.5 Å². The van der Waals surface area contributed by atoms with Crippen molar-refractivity contribution in [3.8, 4) is 5.82 Å². The number of non-ortho nitro benzene ring substituents is 1. The number of hydrogen-bond donors (Lipinski definition) is 1. The summed E-state index contributed by atoms with van der Waals surface area (Å²) in [5, 5.41) is 21.4. The summed E-state index contributed by atoms with van der Waals surface area (Å²) in [5.74, 6) is -0.0682. The number of carbonyl (C=O) groups excluding carboxylic acids is 1. The van der Waals surface area contributed by atoms with Gasteiger partial charge in [-0.1, -0.05) is 6.07 Å². The lowest BCUT2D eigenvalue weighted by Crippen LogP contribution is -2.32. The smallest absolute Gasteiger partial charge is 0.270 e. The Balaban J connectivity index is 1.65. The van der Waals surface area contributed by atoms with Crippen LogP contribution in [0.1, 0.15) is 10.4 Å². The highest BCUT2D eigenvalue weighted by atomic mass is 16.6. The van der Waals surface area contributed by atoms with Gasteiger partial charge in [0.1, 0.15) is 12.7 Å². The number of carbonyl (C=O) groups is 1. The van der Waals surface area contributed by atoms with Gasteiger partial charge in [0.25, 0.3) is 17.2 Å². The Hall–Kier alpha value is -3.89. The maximum atomic E-state index is 12.1. The van der Waals surface area contributed by atoms with Crippen LogP contribution >= 0.6 is 0 Å². The lowest BCUT2D eigenvalue weighted by Gasteiger charge is -2.08. The molecular formula is C15H13N7O4. The van der Waals surface area contributed by atoms with Crippen molar-refractivity contribution in [2.45, 2.75) is 6.54 Å². The van der Waals surface area contributed by atoms with Crippen molar-refractivity contribution >= 4 is 11.6 Å². The fourth-order valence-corrected chi connectivity index (χ4v) is 2.19. The molecule has 3 aromatic rings. The van der Waals surface area contributed by atoms with E-state index in [1.807, 2.05) is 0 Å². The van der Waals surface area contributed by atoms with Crippen LogP contribution in [0.2, 0.25) is 0 Å². The molecule has 0 saturated carbocycles. The molecule has 0 atom stereocenters. The van der Waals surface area contributed by atoms with Crippen LogP contribution in [-0.4, -0.2) is 41.9 Å². The second-order valence-electron chi connectivity index (χ2n) is 5.16. The van der Waals surface area contributed by atoms with E-state index in [0.717, 1.165) is 0 Å². The summed E-state index contributed by atoms with van der Waals surface area (Å²) in [7, 11) is 0. The lowest BCUT2D eigenvalue weighted by molar-refractivity contribution is -0.384. The summed E-state index contributed by atoms with van der Waals surface area (Å²) in [6.07, 6.45) is 2.79. The monoisotopic (exact) mass is 355 g/mol. The van der Waals surface area contributed by atoms with Gasteiger partial charge in [0, 0.05) is 30.3 Å². The molecule has 1 aromatic carbocycles. The molecule has 0 aliphatic carbocycles. The van der Waals surface area contributed by atoms with Gasteiger partial charge in [-0.3, -0.25) is 19.7 Å². The maximum absolute atomic E-state index is 12.1. The normalized spacial score (nSPS) is 10.5. The van der Waals surface area contributed by atoms with E-state index in [-0.39, 0.29) is 29.9 Å². The first-order chi connectivity index (χ1) is 12.5. The SMILES string of the molecule is O=C(NCCn1nc(-n2cncn2)ccc1=O)c1cccc([N+](=O)[O-])c1. The minimum atomic E-state index is -0.574. The van der Waals surface area contributed by atoms with Gasteiger partial charge in [-0.2, -0.15) is 5.10 Å². The van der Waals surface area contributed by atoms with Gasteiger partial charge >= 0.3 is 0 Å². The number of nitro groups is 1. The molecule has 0 bridgehead atoms. The van der Waals surface area contributed by atoms with Crippen molar-refractivity contribution in [1.82, 2.24) is 29.9 Å². The molecule has 0 spiro atoms. The molecule has 11 heteroatoms. The molecule has 0 unspecified atom stereocenters. The molecule has 1 N–H and O–H groups in total. The summed E-state index contributed by atoms with van der Waals surface area (Å²) in [5.41, 5.74) is -0.342. The molecule has 3 rings (SSSR count). The predicted molar refractivity (Wildman–Crippen MR) is 88.8 cm³/mol. The molecule has 26 heavy (non-hydrogen) atoms. The quantitative estimate of drug-likeness (QED) is 0.491. The van der Waals surface area contributed by atoms with Crippen LogP contribution < -0.4 is 10.9 Å². The molecular weight excluding hydrogens is 342 g/mol. The van der Waals surface area contributed by atoms with Crippen LogP contribution in [0.3, 0.4) is 0 Å². The topological polar surface area (TPSA) is 138 Å². The Kier molecular flexibility index (Phi) is 4.78. The Morgan fingerprint density at radius 1 is 1.27 bits per heavy atom. The molecule has 0 saturated heterocycles. The summed E-state index contributed by atoms with van der Waals surface area (Å²) < 4.78 is 2.59. The zero-order valence-corrected chi connectivity index (χ0v) is 13.3. The van der Waals surface area contributed by atoms with Crippen LogP contribution in [0, 0.1) is 10.1 Å². The van der Waals surface area contributed by atoms with Gasteiger partial charge in [0.15, 0.2) is 5.82 Å². The van der Waals surface area contributed by atoms with E-state index in [9.17, 15) is 19.7 Å². The van der Waals surface area contributed by atoms with Crippen LogP contribution in [-0.2, 0) is 6.54 Å². The third-order valence-electron chi connectivity index (χ3n) is 3.43. The fourth-order valence-electron chi connectivity index (χ4n) is 2.19. The Morgan fingerprint density at radius 3 is 2.85 bits per heavy atom. The second-order valence-corrected chi connectivity index (χ2v) is 5.16. The Bertz CT molecular complexity index is 997. The number of hydrogen-bond acceptors (Lipinski definition) is 7. The summed E-state index contributed by atoms with van der Waals surface area (Å²) >= 11 is 0. The van der Waals surface area contributed by atoms with Crippen LogP contribution in [0.15, 0.2) is 53.8 Å². The van der Waals surface area contributed by atoms with Gasteiger partial charge in [-0.05, 0) is 12.1 Å². The van der Waals surface area contributed by atoms with Gasteiger partial charge in [0.2, 0.25) is 0 Å². The molecule has 1 amide bonds. The van der Waals surface area contributed by atoms with Crippen LogP contribution in [0.25, 0.3) is 5.82 Å². The first-order valence-corrected chi connectivity index (χ1v) is 7.50. The summed E-state index contributed by atoms with van der Waals surface area (Å²) in [6, 6.07) is 8.24. The van der Waals surface area contributed by atoms with Crippen molar-refractivity contribution < 1.29 is 9.72 Å². The third kappa shape index (κ3) is 3.77. The first-order valence-electron chi connectivity index (χ1n) is 7.50. The molecule has 11 nitrogen and oxygen atoms in total. The second kappa shape index (κ2) is 7.34. The van der Waals surface area contributed by atoms with E-state index in [0.29, 0.717) is 5.82 Å². The standard InChI is InChI=1S/C15H13N7O4/c23-14-5-4-13(21-10-16-9-18-21)19-20(14)7-6-17-15(24)11-2-1-3-12(8-11)22(25)26/h1-5,8-10H,6-7H2,(H,17,24). The first kappa shape index (κ1) is 17.0. The van der Waals surface area contributed by atoms with Gasteiger partial charge in [-0.15, -0.1) is 5.10 Å². The van der Waals surface area contributed by atoms with Crippen molar-refractivity contribution in [2.24, 2.45) is 0 Å². The van der Waals surface area contributed by atoms with Gasteiger partial charge < -0.3 is 5.32 Å². The number of benzene rings is 1. The number of rotatable bonds is 6. The van der Waals surface area contributed by atoms with Crippen LogP contribution in [0.5, 0.6) is 0 Å². The van der Waals surface area contributed by atoms with E-state index in [2.05, 4.69) is 20.5 Å². The minimum absolute atomic E-state index is 0.120. The molecule has 0 aliphatic rings. The maximum Gasteiger partial charge on any atom is 0.270 e. The number of nitrogens with one attached hydrogen (secondary N) is 1. The van der Waals surface area contributed by atoms with Crippen molar-refractivity contribution in [3.63, 3.8) is 0 Å². The molecule has 2 aromatic heterocycles. The van der Waals surface area contributed by atoms with E-state index >= 15 is 0 Å². The summed E-state index contributed by atoms with van der Waals surface area (Å²) in [6.45, 7) is 0.247. The third-order valence-corrected chi connectivity index (χ3v) is 3.43. The fraction of sp³-hybridized carbons (Fsp3) is 0.133. The number of nitrogens with zero attached hydrogens (tertiary/aromatic N) is 6.